The van der Waals surface area contributed by atoms with Crippen LogP contribution in [0, 0.1) is 11.8 Å². The average molecular weight is 257 g/mol. The van der Waals surface area contributed by atoms with Crippen LogP contribution in [0.4, 0.5) is 0 Å². The molecule has 2 aliphatic heterocycles. The third kappa shape index (κ3) is 3.20. The summed E-state index contributed by atoms with van der Waals surface area (Å²) >= 11 is 0. The fourth-order valence-electron chi connectivity index (χ4n) is 2.42. The largest absolute Gasteiger partial charge is 0.480 e. The van der Waals surface area contributed by atoms with Crippen LogP contribution in [0.15, 0.2) is 0 Å². The molecule has 6 heteroatoms. The average Bonchev–Trinajstić information content (AvgIpc) is 2.90. The highest BCUT2D eigenvalue weighted by Gasteiger charge is 2.34. The van der Waals surface area contributed by atoms with Crippen molar-refractivity contribution in [2.24, 2.45) is 11.8 Å². The monoisotopic (exact) mass is 257 g/mol. The number of hydrogen-bond donors (Lipinski definition) is 2. The molecule has 3 atom stereocenters. The summed E-state index contributed by atoms with van der Waals surface area (Å²) in [6.45, 7) is 2.04. The number of carboxylic acid groups (broad SMARTS) is 1. The summed E-state index contributed by atoms with van der Waals surface area (Å²) in [5.41, 5.74) is 0. The molecular weight excluding hydrogens is 238 g/mol. The van der Waals surface area contributed by atoms with Crippen molar-refractivity contribution in [1.29, 1.82) is 0 Å². The summed E-state index contributed by atoms with van der Waals surface area (Å²) in [6.07, 6.45) is 2.29. The van der Waals surface area contributed by atoms with E-state index < -0.39 is 12.0 Å². The zero-order chi connectivity index (χ0) is 13.0. The Bertz CT molecular complexity index is 308. The number of rotatable bonds is 4. The lowest BCUT2D eigenvalue weighted by atomic mass is 9.93. The number of amides is 1. The van der Waals surface area contributed by atoms with Crippen LogP contribution in [-0.2, 0) is 19.1 Å². The van der Waals surface area contributed by atoms with E-state index in [4.69, 9.17) is 9.47 Å². The lowest BCUT2D eigenvalue weighted by Gasteiger charge is -2.28. The number of ether oxygens (including phenoxy) is 2. The quantitative estimate of drug-likeness (QED) is 0.741. The second-order valence-corrected chi connectivity index (χ2v) is 4.86. The number of nitrogens with one attached hydrogen (secondary N) is 1. The first-order valence-electron chi connectivity index (χ1n) is 6.37. The normalized spacial score (nSPS) is 29.8. The van der Waals surface area contributed by atoms with E-state index in [1.807, 2.05) is 0 Å². The van der Waals surface area contributed by atoms with Gasteiger partial charge >= 0.3 is 5.97 Å². The highest BCUT2D eigenvalue weighted by atomic mass is 16.5. The summed E-state index contributed by atoms with van der Waals surface area (Å²) in [7, 11) is 0. The Morgan fingerprint density at radius 3 is 2.50 bits per heavy atom. The first kappa shape index (κ1) is 13.3. The predicted octanol–water partition coefficient (Wildman–Crippen LogP) is 0.0189. The molecule has 3 unspecified atom stereocenters. The van der Waals surface area contributed by atoms with Crippen LogP contribution < -0.4 is 5.32 Å². The van der Waals surface area contributed by atoms with Crippen LogP contribution in [0.3, 0.4) is 0 Å². The van der Waals surface area contributed by atoms with Gasteiger partial charge in [-0.2, -0.15) is 0 Å². The first-order valence-corrected chi connectivity index (χ1v) is 6.37. The second kappa shape index (κ2) is 6.15. The smallest absolute Gasteiger partial charge is 0.326 e. The summed E-state index contributed by atoms with van der Waals surface area (Å²) < 4.78 is 10.4. The van der Waals surface area contributed by atoms with Gasteiger partial charge in [-0.25, -0.2) is 4.79 Å². The SMILES string of the molecule is O=C(NC(C(=O)O)C1CCCOC1)C1CCOC1. The van der Waals surface area contributed by atoms with Gasteiger partial charge in [0.1, 0.15) is 6.04 Å². The van der Waals surface area contributed by atoms with Gasteiger partial charge in [0.25, 0.3) is 0 Å². The molecule has 18 heavy (non-hydrogen) atoms. The van der Waals surface area contributed by atoms with Crippen molar-refractivity contribution in [3.8, 4) is 0 Å². The Hall–Kier alpha value is -1.14. The lowest BCUT2D eigenvalue weighted by Crippen LogP contribution is -2.50. The van der Waals surface area contributed by atoms with E-state index in [2.05, 4.69) is 5.32 Å². The molecule has 6 nitrogen and oxygen atoms in total. The van der Waals surface area contributed by atoms with Crippen LogP contribution >= 0.6 is 0 Å². The van der Waals surface area contributed by atoms with E-state index in [1.54, 1.807) is 0 Å². The minimum atomic E-state index is -0.988. The Kier molecular flexibility index (Phi) is 4.54. The summed E-state index contributed by atoms with van der Waals surface area (Å²) in [5, 5.41) is 11.8. The second-order valence-electron chi connectivity index (χ2n) is 4.86. The van der Waals surface area contributed by atoms with Crippen LogP contribution in [0.1, 0.15) is 19.3 Å². The molecule has 1 amide bonds. The molecular formula is C12H19NO5. The molecule has 2 saturated heterocycles. The minimum absolute atomic E-state index is 0.137. The van der Waals surface area contributed by atoms with Crippen molar-refractivity contribution in [2.75, 3.05) is 26.4 Å². The van der Waals surface area contributed by atoms with Gasteiger partial charge in [-0.3, -0.25) is 4.79 Å². The summed E-state index contributed by atoms with van der Waals surface area (Å²) in [4.78, 5) is 23.2. The maximum Gasteiger partial charge on any atom is 0.326 e. The number of carbonyl (C=O) groups excluding carboxylic acids is 1. The Morgan fingerprint density at radius 2 is 1.94 bits per heavy atom. The van der Waals surface area contributed by atoms with E-state index in [0.29, 0.717) is 32.8 Å². The Morgan fingerprint density at radius 1 is 1.17 bits per heavy atom. The molecule has 2 N–H and O–H groups in total. The van der Waals surface area contributed by atoms with Crippen molar-refractivity contribution in [3.05, 3.63) is 0 Å². The Labute approximate surface area is 106 Å². The van der Waals surface area contributed by atoms with Crippen LogP contribution in [0.25, 0.3) is 0 Å². The van der Waals surface area contributed by atoms with Gasteiger partial charge in [0, 0.05) is 19.1 Å². The number of aliphatic carboxylic acids is 1. The van der Waals surface area contributed by atoms with E-state index >= 15 is 0 Å². The lowest BCUT2D eigenvalue weighted by molar-refractivity contribution is -0.145. The maximum atomic E-state index is 11.9. The van der Waals surface area contributed by atoms with Gasteiger partial charge in [0.15, 0.2) is 0 Å². The summed E-state index contributed by atoms with van der Waals surface area (Å²) in [6, 6.07) is -0.849. The van der Waals surface area contributed by atoms with Crippen LogP contribution in [-0.4, -0.2) is 49.5 Å². The highest BCUT2D eigenvalue weighted by Crippen LogP contribution is 2.19. The molecule has 102 valence electrons. The minimum Gasteiger partial charge on any atom is -0.480 e. The molecule has 2 rings (SSSR count). The molecule has 0 aromatic rings. The van der Waals surface area contributed by atoms with Gasteiger partial charge in [-0.15, -0.1) is 0 Å². The third-order valence-corrected chi connectivity index (χ3v) is 3.53. The molecule has 2 heterocycles. The van der Waals surface area contributed by atoms with Crippen molar-refractivity contribution in [3.63, 3.8) is 0 Å². The molecule has 0 aromatic carbocycles. The topological polar surface area (TPSA) is 84.9 Å². The highest BCUT2D eigenvalue weighted by molar-refractivity contribution is 5.85. The van der Waals surface area contributed by atoms with E-state index in [9.17, 15) is 14.7 Å². The van der Waals surface area contributed by atoms with Crippen molar-refractivity contribution >= 4 is 11.9 Å². The van der Waals surface area contributed by atoms with Gasteiger partial charge in [-0.1, -0.05) is 0 Å². The molecule has 0 spiro atoms. The molecule has 0 aliphatic carbocycles. The predicted molar refractivity (Wildman–Crippen MR) is 62.0 cm³/mol. The van der Waals surface area contributed by atoms with Crippen molar-refractivity contribution in [2.45, 2.75) is 25.3 Å². The van der Waals surface area contributed by atoms with Crippen molar-refractivity contribution in [1.82, 2.24) is 5.32 Å². The van der Waals surface area contributed by atoms with Gasteiger partial charge in [0.05, 0.1) is 19.1 Å². The number of hydrogen-bond acceptors (Lipinski definition) is 4. The molecule has 0 aromatic heterocycles. The number of carbonyl (C=O) groups is 2. The molecule has 2 fully saturated rings. The van der Waals surface area contributed by atoms with E-state index in [0.717, 1.165) is 12.8 Å². The molecule has 0 radical (unpaired) electrons. The van der Waals surface area contributed by atoms with Gasteiger partial charge in [-0.05, 0) is 19.3 Å². The standard InChI is InChI=1S/C12H19NO5/c14-11(9-3-5-18-7-9)13-10(12(15)16)8-2-1-4-17-6-8/h8-10H,1-7H2,(H,13,14)(H,15,16). The molecule has 0 bridgehead atoms. The number of carboxylic acids is 1. The third-order valence-electron chi connectivity index (χ3n) is 3.53. The molecule has 2 aliphatic rings. The maximum absolute atomic E-state index is 11.9. The zero-order valence-corrected chi connectivity index (χ0v) is 10.3. The van der Waals surface area contributed by atoms with Crippen LogP contribution in [0.2, 0.25) is 0 Å². The Balaban J connectivity index is 1.92. The summed E-state index contributed by atoms with van der Waals surface area (Å²) in [5.74, 6) is -1.55. The van der Waals surface area contributed by atoms with Crippen molar-refractivity contribution < 1.29 is 24.2 Å². The molecule has 0 saturated carbocycles. The fourth-order valence-corrected chi connectivity index (χ4v) is 2.42. The van der Waals surface area contributed by atoms with E-state index in [-0.39, 0.29) is 17.7 Å². The van der Waals surface area contributed by atoms with Gasteiger partial charge in [0.2, 0.25) is 5.91 Å². The van der Waals surface area contributed by atoms with Gasteiger partial charge < -0.3 is 19.9 Å². The van der Waals surface area contributed by atoms with E-state index in [1.165, 1.54) is 0 Å². The van der Waals surface area contributed by atoms with Crippen LogP contribution in [0.5, 0.6) is 0 Å². The zero-order valence-electron chi connectivity index (χ0n) is 10.3. The fraction of sp³-hybridized carbons (Fsp3) is 0.833. The first-order chi connectivity index (χ1) is 8.68.